The molecule has 0 saturated carbocycles. The van der Waals surface area contributed by atoms with Gasteiger partial charge in [-0.25, -0.2) is 0 Å². The Morgan fingerprint density at radius 2 is 2.07 bits per heavy atom. The van der Waals surface area contributed by atoms with Gasteiger partial charge in [0, 0.05) is 30.1 Å². The first-order valence-corrected chi connectivity index (χ1v) is 8.49. The molecule has 0 bridgehead atoms. The first-order chi connectivity index (χ1) is 12.8. The molecule has 8 heteroatoms. The van der Waals surface area contributed by atoms with Crippen molar-refractivity contribution in [3.63, 3.8) is 0 Å². The summed E-state index contributed by atoms with van der Waals surface area (Å²) in [4.78, 5) is 17.4. The Morgan fingerprint density at radius 3 is 2.78 bits per heavy atom. The van der Waals surface area contributed by atoms with Crippen LogP contribution in [-0.4, -0.2) is 48.6 Å². The molecule has 0 radical (unpaired) electrons. The lowest BCUT2D eigenvalue weighted by atomic mass is 10.2. The lowest BCUT2D eigenvalue weighted by Gasteiger charge is -2.18. The molecule has 0 aliphatic rings. The summed E-state index contributed by atoms with van der Waals surface area (Å²) in [6.45, 7) is -0.0857. The van der Waals surface area contributed by atoms with Gasteiger partial charge in [-0.3, -0.25) is 14.7 Å². The number of rotatable bonds is 9. The zero-order valence-electron chi connectivity index (χ0n) is 15.0. The maximum absolute atomic E-state index is 12.2. The number of carbonyl (C=O) groups excluding carboxylic acids is 1. The zero-order chi connectivity index (χ0) is 19.7. The number of nitrogens with zero attached hydrogens (tertiary/aromatic N) is 2. The number of carbonyl (C=O) groups is 1. The van der Waals surface area contributed by atoms with Gasteiger partial charge in [0.05, 0.1) is 6.54 Å². The smallest absolute Gasteiger partial charge is 0.401 e. The third kappa shape index (κ3) is 8.08. The van der Waals surface area contributed by atoms with Crippen LogP contribution in [0.25, 0.3) is 0 Å². The largest absolute Gasteiger partial charge is 0.489 e. The summed E-state index contributed by atoms with van der Waals surface area (Å²) in [7, 11) is 1.40. The molecule has 1 heterocycles. The molecule has 1 amide bonds. The highest BCUT2D eigenvalue weighted by molar-refractivity contribution is 5.94. The highest BCUT2D eigenvalue weighted by atomic mass is 19.4. The van der Waals surface area contributed by atoms with E-state index in [-0.39, 0.29) is 12.5 Å². The molecule has 27 heavy (non-hydrogen) atoms. The van der Waals surface area contributed by atoms with Crippen molar-refractivity contribution >= 4 is 5.91 Å². The topological polar surface area (TPSA) is 54.5 Å². The van der Waals surface area contributed by atoms with Crippen molar-refractivity contribution < 1.29 is 22.7 Å². The molecule has 1 aromatic heterocycles. The average Bonchev–Trinajstić information content (AvgIpc) is 2.63. The molecule has 0 atom stereocenters. The second kappa shape index (κ2) is 9.91. The maximum atomic E-state index is 12.2. The van der Waals surface area contributed by atoms with Crippen LogP contribution >= 0.6 is 0 Å². The zero-order valence-corrected chi connectivity index (χ0v) is 15.0. The molecule has 1 aromatic carbocycles. The van der Waals surface area contributed by atoms with Crippen LogP contribution in [0.3, 0.4) is 0 Å². The Hall–Kier alpha value is -2.61. The number of ether oxygens (including phenoxy) is 1. The van der Waals surface area contributed by atoms with Crippen LogP contribution in [-0.2, 0) is 6.61 Å². The number of pyridine rings is 1. The molecular weight excluding hydrogens is 359 g/mol. The first kappa shape index (κ1) is 20.7. The van der Waals surface area contributed by atoms with E-state index in [1.165, 1.54) is 11.9 Å². The number of hydrogen-bond acceptors (Lipinski definition) is 4. The van der Waals surface area contributed by atoms with Crippen molar-refractivity contribution in [3.8, 4) is 5.75 Å². The Kier molecular flexibility index (Phi) is 7.60. The normalized spacial score (nSPS) is 11.4. The Labute approximate surface area is 156 Å². The Bertz CT molecular complexity index is 724. The number of halogens is 3. The summed E-state index contributed by atoms with van der Waals surface area (Å²) >= 11 is 0. The maximum Gasteiger partial charge on any atom is 0.401 e. The monoisotopic (exact) mass is 381 g/mol. The van der Waals surface area contributed by atoms with Gasteiger partial charge in [-0.05, 0) is 44.3 Å². The minimum atomic E-state index is -4.21. The average molecular weight is 381 g/mol. The van der Waals surface area contributed by atoms with Crippen molar-refractivity contribution in [1.82, 2.24) is 15.2 Å². The molecule has 0 aliphatic carbocycles. The number of amides is 1. The van der Waals surface area contributed by atoms with Crippen LogP contribution in [0.5, 0.6) is 5.75 Å². The Balaban J connectivity index is 1.76. The lowest BCUT2D eigenvalue weighted by Crippen LogP contribution is -2.33. The summed E-state index contributed by atoms with van der Waals surface area (Å²) in [6.07, 6.45) is -0.411. The van der Waals surface area contributed by atoms with Gasteiger partial charge in [-0.2, -0.15) is 13.2 Å². The van der Waals surface area contributed by atoms with Crippen LogP contribution in [0.15, 0.2) is 48.8 Å². The lowest BCUT2D eigenvalue weighted by molar-refractivity contribution is -0.143. The second-order valence-corrected chi connectivity index (χ2v) is 6.14. The molecule has 0 spiro atoms. The number of aromatic nitrogens is 1. The second-order valence-electron chi connectivity index (χ2n) is 6.14. The fraction of sp³-hybridized carbons (Fsp3) is 0.368. The van der Waals surface area contributed by atoms with E-state index in [1.54, 1.807) is 36.7 Å². The van der Waals surface area contributed by atoms with Crippen molar-refractivity contribution in [3.05, 3.63) is 59.9 Å². The minimum Gasteiger partial charge on any atom is -0.489 e. The molecule has 0 saturated heterocycles. The van der Waals surface area contributed by atoms with Crippen molar-refractivity contribution in [2.24, 2.45) is 0 Å². The number of hydrogen-bond donors (Lipinski definition) is 1. The number of alkyl halides is 3. The number of nitrogens with one attached hydrogen (secondary N) is 1. The summed E-state index contributed by atoms with van der Waals surface area (Å²) in [5, 5.41) is 2.71. The molecule has 2 rings (SSSR count). The third-order valence-electron chi connectivity index (χ3n) is 3.68. The van der Waals surface area contributed by atoms with Gasteiger partial charge in [-0.1, -0.05) is 12.1 Å². The quantitative estimate of drug-likeness (QED) is 0.678. The summed E-state index contributed by atoms with van der Waals surface area (Å²) in [5.41, 5.74) is 1.35. The highest BCUT2D eigenvalue weighted by Crippen LogP contribution is 2.16. The van der Waals surface area contributed by atoms with Crippen LogP contribution in [0.2, 0.25) is 0 Å². The third-order valence-corrected chi connectivity index (χ3v) is 3.68. The van der Waals surface area contributed by atoms with Gasteiger partial charge in [0.1, 0.15) is 12.4 Å². The molecule has 0 unspecified atom stereocenters. The summed E-state index contributed by atoms with van der Waals surface area (Å²) in [6, 6.07) is 10.4. The molecule has 5 nitrogen and oxygen atoms in total. The molecular formula is C19H22F3N3O2. The summed E-state index contributed by atoms with van der Waals surface area (Å²) in [5.74, 6) is 0.261. The van der Waals surface area contributed by atoms with E-state index >= 15 is 0 Å². The molecule has 1 N–H and O–H groups in total. The van der Waals surface area contributed by atoms with Gasteiger partial charge in [-0.15, -0.1) is 0 Å². The highest BCUT2D eigenvalue weighted by Gasteiger charge is 2.28. The fourth-order valence-corrected chi connectivity index (χ4v) is 2.42. The fourth-order valence-electron chi connectivity index (χ4n) is 2.42. The standard InChI is InChI=1S/C19H22F3N3O2/c1-25(14-19(20,21)22)10-4-9-24-18(26)16-6-2-7-17(11-16)27-13-15-5-3-8-23-12-15/h2-3,5-8,11-12H,4,9-10,13-14H2,1H3,(H,24,26). The molecule has 146 valence electrons. The van der Waals surface area contributed by atoms with Gasteiger partial charge < -0.3 is 10.1 Å². The van der Waals surface area contributed by atoms with E-state index in [9.17, 15) is 18.0 Å². The molecule has 0 fully saturated rings. The molecule has 2 aromatic rings. The van der Waals surface area contributed by atoms with E-state index in [0.29, 0.717) is 30.9 Å². The van der Waals surface area contributed by atoms with Gasteiger partial charge in [0.2, 0.25) is 0 Å². The SMILES string of the molecule is CN(CCCNC(=O)c1cccc(OCc2cccnc2)c1)CC(F)(F)F. The predicted octanol–water partition coefficient (Wildman–Crippen LogP) is 3.27. The predicted molar refractivity (Wildman–Crippen MR) is 95.5 cm³/mol. The minimum absolute atomic E-state index is 0.244. The summed E-state index contributed by atoms with van der Waals surface area (Å²) < 4.78 is 42.4. The van der Waals surface area contributed by atoms with Crippen LogP contribution in [0.4, 0.5) is 13.2 Å². The van der Waals surface area contributed by atoms with E-state index in [0.717, 1.165) is 5.56 Å². The van der Waals surface area contributed by atoms with E-state index < -0.39 is 12.7 Å². The van der Waals surface area contributed by atoms with Crippen LogP contribution in [0, 0.1) is 0 Å². The van der Waals surface area contributed by atoms with Crippen molar-refractivity contribution in [2.45, 2.75) is 19.2 Å². The van der Waals surface area contributed by atoms with Gasteiger partial charge >= 0.3 is 6.18 Å². The van der Waals surface area contributed by atoms with Gasteiger partial charge in [0.15, 0.2) is 0 Å². The number of benzene rings is 1. The van der Waals surface area contributed by atoms with Crippen LogP contribution < -0.4 is 10.1 Å². The van der Waals surface area contributed by atoms with Crippen molar-refractivity contribution in [2.75, 3.05) is 26.7 Å². The van der Waals surface area contributed by atoms with Crippen molar-refractivity contribution in [1.29, 1.82) is 0 Å². The van der Waals surface area contributed by atoms with E-state index in [1.807, 2.05) is 12.1 Å². The molecule has 0 aliphatic heterocycles. The van der Waals surface area contributed by atoms with Gasteiger partial charge in [0.25, 0.3) is 5.91 Å². The van der Waals surface area contributed by atoms with E-state index in [2.05, 4.69) is 10.3 Å². The van der Waals surface area contributed by atoms with Crippen LogP contribution in [0.1, 0.15) is 22.3 Å². The first-order valence-electron chi connectivity index (χ1n) is 8.49. The van der Waals surface area contributed by atoms with E-state index in [4.69, 9.17) is 4.74 Å². The Morgan fingerprint density at radius 1 is 1.26 bits per heavy atom.